The van der Waals surface area contributed by atoms with Crippen molar-refractivity contribution in [1.29, 1.82) is 0 Å². The quantitative estimate of drug-likeness (QED) is 0.509. The maximum atomic E-state index is 9.79. The fourth-order valence-corrected chi connectivity index (χ4v) is 1.62. The van der Waals surface area contributed by atoms with Gasteiger partial charge < -0.3 is 29.5 Å². The number of ether oxygens (including phenoxy) is 3. The number of rotatable bonds is 5. The van der Waals surface area contributed by atoms with Crippen LogP contribution in [0.2, 0.25) is 0 Å². The van der Waals surface area contributed by atoms with E-state index < -0.39 is 30.7 Å². The second-order valence-electron chi connectivity index (χ2n) is 3.53. The largest absolute Gasteiger partial charge is 0.394 e. The molecule has 0 aromatic heterocycles. The molecule has 0 aromatic rings. The van der Waals surface area contributed by atoms with Gasteiger partial charge in [0.25, 0.3) is 0 Å². The zero-order chi connectivity index (χ0) is 12.1. The van der Waals surface area contributed by atoms with E-state index >= 15 is 0 Å². The van der Waals surface area contributed by atoms with Gasteiger partial charge in [-0.2, -0.15) is 0 Å². The minimum atomic E-state index is -1.11. The molecule has 0 aliphatic carbocycles. The van der Waals surface area contributed by atoms with Crippen LogP contribution in [0.25, 0.3) is 0 Å². The molecule has 0 aromatic carbocycles. The van der Waals surface area contributed by atoms with Crippen molar-refractivity contribution in [3.05, 3.63) is 12.7 Å². The summed E-state index contributed by atoms with van der Waals surface area (Å²) in [6, 6.07) is 0. The van der Waals surface area contributed by atoms with Gasteiger partial charge in [-0.05, 0) is 0 Å². The highest BCUT2D eigenvalue weighted by molar-refractivity contribution is 4.90. The fourth-order valence-electron chi connectivity index (χ4n) is 1.62. The molecule has 1 aliphatic rings. The lowest BCUT2D eigenvalue weighted by atomic mass is 9.99. The Morgan fingerprint density at radius 3 is 2.56 bits per heavy atom. The number of aliphatic hydroxyl groups excluding tert-OH is 3. The molecule has 6 nitrogen and oxygen atoms in total. The van der Waals surface area contributed by atoms with Crippen LogP contribution in [0.15, 0.2) is 12.7 Å². The molecule has 1 rings (SSSR count). The Balaban J connectivity index is 2.70. The van der Waals surface area contributed by atoms with E-state index in [0.29, 0.717) is 0 Å². The van der Waals surface area contributed by atoms with Gasteiger partial charge in [0.1, 0.15) is 24.4 Å². The van der Waals surface area contributed by atoms with E-state index in [-0.39, 0.29) is 13.2 Å². The number of methoxy groups -OCH3 is 1. The summed E-state index contributed by atoms with van der Waals surface area (Å²) in [5.74, 6) is 0. The minimum Gasteiger partial charge on any atom is -0.394 e. The summed E-state index contributed by atoms with van der Waals surface area (Å²) in [5, 5.41) is 28.6. The monoisotopic (exact) mass is 234 g/mol. The molecule has 0 spiro atoms. The predicted octanol–water partition coefficient (Wildman–Crippen LogP) is -1.36. The summed E-state index contributed by atoms with van der Waals surface area (Å²) in [6.07, 6.45) is -3.33. The van der Waals surface area contributed by atoms with Crippen molar-refractivity contribution < 1.29 is 29.5 Å². The normalized spacial score (nSPS) is 39.6. The highest BCUT2D eigenvalue weighted by atomic mass is 16.7. The summed E-state index contributed by atoms with van der Waals surface area (Å²) in [5.41, 5.74) is 0. The first-order valence-electron chi connectivity index (χ1n) is 5.03. The average molecular weight is 234 g/mol. The van der Waals surface area contributed by atoms with Crippen LogP contribution in [-0.4, -0.2) is 66.3 Å². The van der Waals surface area contributed by atoms with Crippen LogP contribution in [0.4, 0.5) is 0 Å². The molecule has 1 saturated heterocycles. The van der Waals surface area contributed by atoms with Gasteiger partial charge in [0.05, 0.1) is 13.2 Å². The molecule has 0 unspecified atom stereocenters. The smallest absolute Gasteiger partial charge is 0.186 e. The third-order valence-electron chi connectivity index (χ3n) is 2.46. The SMILES string of the molecule is C=CCO[C@H]1[C@@H](O)[C@@H](CO)O[C@@H](OC)[C@@H]1O. The zero-order valence-electron chi connectivity index (χ0n) is 9.15. The number of hydrogen-bond acceptors (Lipinski definition) is 6. The van der Waals surface area contributed by atoms with Crippen molar-refractivity contribution in [2.45, 2.75) is 30.7 Å². The molecular formula is C10H18O6. The van der Waals surface area contributed by atoms with E-state index in [1.165, 1.54) is 13.2 Å². The Kier molecular flexibility index (Phi) is 5.33. The second-order valence-corrected chi connectivity index (χ2v) is 3.53. The van der Waals surface area contributed by atoms with Crippen LogP contribution in [-0.2, 0) is 14.2 Å². The van der Waals surface area contributed by atoms with Crippen LogP contribution in [0.3, 0.4) is 0 Å². The van der Waals surface area contributed by atoms with Crippen LogP contribution >= 0.6 is 0 Å². The summed E-state index contributed by atoms with van der Waals surface area (Å²) in [6.45, 7) is 3.29. The van der Waals surface area contributed by atoms with Gasteiger partial charge >= 0.3 is 0 Å². The van der Waals surface area contributed by atoms with Crippen LogP contribution in [0, 0.1) is 0 Å². The standard InChI is InChI=1S/C10H18O6/c1-3-4-15-9-7(12)6(5-11)16-10(14-2)8(9)13/h3,6-13H,1,4-5H2,2H3/t6-,7+,8-,9+,10-/m1/s1. The second kappa shape index (κ2) is 6.29. The Hall–Kier alpha value is -0.500. The molecular weight excluding hydrogens is 216 g/mol. The van der Waals surface area contributed by atoms with E-state index in [2.05, 4.69) is 6.58 Å². The Bertz CT molecular complexity index is 205. The van der Waals surface area contributed by atoms with E-state index in [4.69, 9.17) is 19.3 Å². The first-order valence-corrected chi connectivity index (χ1v) is 5.03. The first-order chi connectivity index (χ1) is 7.65. The molecule has 1 heterocycles. The summed E-state index contributed by atoms with van der Waals surface area (Å²) in [7, 11) is 1.37. The highest BCUT2D eigenvalue weighted by Gasteiger charge is 2.45. The summed E-state index contributed by atoms with van der Waals surface area (Å²) < 4.78 is 15.3. The number of hydrogen-bond donors (Lipinski definition) is 3. The number of aliphatic hydroxyl groups is 3. The maximum Gasteiger partial charge on any atom is 0.186 e. The van der Waals surface area contributed by atoms with Gasteiger partial charge in [-0.1, -0.05) is 6.08 Å². The average Bonchev–Trinajstić information content (AvgIpc) is 2.29. The molecule has 1 fully saturated rings. The Morgan fingerprint density at radius 1 is 1.38 bits per heavy atom. The van der Waals surface area contributed by atoms with Crippen LogP contribution in [0.5, 0.6) is 0 Å². The molecule has 94 valence electrons. The van der Waals surface area contributed by atoms with Gasteiger partial charge in [0.2, 0.25) is 0 Å². The van der Waals surface area contributed by atoms with Crippen molar-refractivity contribution >= 4 is 0 Å². The van der Waals surface area contributed by atoms with Crippen molar-refractivity contribution in [3.8, 4) is 0 Å². The van der Waals surface area contributed by atoms with E-state index in [1.54, 1.807) is 0 Å². The third kappa shape index (κ3) is 2.79. The molecule has 0 amide bonds. The molecule has 0 radical (unpaired) electrons. The van der Waals surface area contributed by atoms with Crippen molar-refractivity contribution in [2.75, 3.05) is 20.3 Å². The molecule has 3 N–H and O–H groups in total. The summed E-state index contributed by atoms with van der Waals surface area (Å²) >= 11 is 0. The molecule has 0 bridgehead atoms. The lowest BCUT2D eigenvalue weighted by molar-refractivity contribution is -0.300. The fraction of sp³-hybridized carbons (Fsp3) is 0.800. The van der Waals surface area contributed by atoms with E-state index in [0.717, 1.165) is 0 Å². The molecule has 0 saturated carbocycles. The Morgan fingerprint density at radius 2 is 2.06 bits per heavy atom. The van der Waals surface area contributed by atoms with Crippen LogP contribution < -0.4 is 0 Å². The zero-order valence-corrected chi connectivity index (χ0v) is 9.15. The summed E-state index contributed by atoms with van der Waals surface area (Å²) in [4.78, 5) is 0. The van der Waals surface area contributed by atoms with E-state index in [9.17, 15) is 10.2 Å². The van der Waals surface area contributed by atoms with Crippen molar-refractivity contribution in [2.24, 2.45) is 0 Å². The lowest BCUT2D eigenvalue weighted by Gasteiger charge is -2.41. The van der Waals surface area contributed by atoms with Gasteiger partial charge in [-0.25, -0.2) is 0 Å². The van der Waals surface area contributed by atoms with Gasteiger partial charge in [-0.3, -0.25) is 0 Å². The topological polar surface area (TPSA) is 88.4 Å². The molecule has 1 aliphatic heterocycles. The lowest BCUT2D eigenvalue weighted by Crippen LogP contribution is -2.59. The van der Waals surface area contributed by atoms with Crippen molar-refractivity contribution in [1.82, 2.24) is 0 Å². The molecule has 6 heteroatoms. The predicted molar refractivity (Wildman–Crippen MR) is 54.7 cm³/mol. The maximum absolute atomic E-state index is 9.79. The third-order valence-corrected chi connectivity index (χ3v) is 2.46. The minimum absolute atomic E-state index is 0.188. The highest BCUT2D eigenvalue weighted by Crippen LogP contribution is 2.23. The van der Waals surface area contributed by atoms with E-state index in [1.807, 2.05) is 0 Å². The Labute approximate surface area is 94.1 Å². The van der Waals surface area contributed by atoms with Gasteiger partial charge in [-0.15, -0.1) is 6.58 Å². The molecule has 5 atom stereocenters. The van der Waals surface area contributed by atoms with Gasteiger partial charge in [0, 0.05) is 7.11 Å². The van der Waals surface area contributed by atoms with Gasteiger partial charge in [0.15, 0.2) is 6.29 Å². The first kappa shape index (κ1) is 13.6. The van der Waals surface area contributed by atoms with Crippen LogP contribution in [0.1, 0.15) is 0 Å². The molecule has 16 heavy (non-hydrogen) atoms. The van der Waals surface area contributed by atoms with Crippen molar-refractivity contribution in [3.63, 3.8) is 0 Å².